The van der Waals surface area contributed by atoms with Crippen LogP contribution in [0.2, 0.25) is 0 Å². The summed E-state index contributed by atoms with van der Waals surface area (Å²) in [7, 11) is 0. The minimum Gasteiger partial charge on any atom is -0.508 e. The fourth-order valence-corrected chi connectivity index (χ4v) is 2.16. The fraction of sp³-hybridized carbons (Fsp3) is 0.316. The summed E-state index contributed by atoms with van der Waals surface area (Å²) in [6, 6.07) is 6.51. The average Bonchev–Trinajstić information content (AvgIpc) is 2.57. The van der Waals surface area contributed by atoms with E-state index in [2.05, 4.69) is 15.6 Å². The van der Waals surface area contributed by atoms with Crippen LogP contribution in [0.1, 0.15) is 43.2 Å². The number of nitrogens with one attached hydrogen (secondary N) is 2. The van der Waals surface area contributed by atoms with Gasteiger partial charge in [0.25, 0.3) is 5.91 Å². The Morgan fingerprint density at radius 1 is 1.23 bits per heavy atom. The first kappa shape index (κ1) is 19.4. The number of hydrogen-bond acceptors (Lipinski definition) is 4. The van der Waals surface area contributed by atoms with Gasteiger partial charge in [0.1, 0.15) is 17.3 Å². The highest BCUT2D eigenvalue weighted by Gasteiger charge is 2.20. The van der Waals surface area contributed by atoms with Gasteiger partial charge in [0.2, 0.25) is 5.91 Å². The van der Waals surface area contributed by atoms with Gasteiger partial charge in [-0.15, -0.1) is 0 Å². The molecular weight excluding hydrogens is 337 g/mol. The number of phenols is 1. The van der Waals surface area contributed by atoms with Gasteiger partial charge in [-0.2, -0.15) is 0 Å². The Kier molecular flexibility index (Phi) is 5.92. The van der Waals surface area contributed by atoms with E-state index in [0.717, 1.165) is 12.5 Å². The lowest BCUT2D eigenvalue weighted by atomic mass is 10.0. The lowest BCUT2D eigenvalue weighted by Gasteiger charge is -2.24. The van der Waals surface area contributed by atoms with E-state index in [1.165, 1.54) is 24.4 Å². The molecule has 6 nitrogen and oxygen atoms in total. The van der Waals surface area contributed by atoms with Gasteiger partial charge in [-0.05, 0) is 38.5 Å². The van der Waals surface area contributed by atoms with Crippen LogP contribution >= 0.6 is 0 Å². The average molecular weight is 359 g/mol. The first-order chi connectivity index (χ1) is 12.2. The Hall–Kier alpha value is -2.96. The lowest BCUT2D eigenvalue weighted by molar-refractivity contribution is -0.115. The molecule has 0 bridgehead atoms. The SMILES string of the molecule is CCC(C)(C)NC(=O)c1cc(NC(=O)Cc2ccc(F)cc2O)ccn1. The van der Waals surface area contributed by atoms with Crippen molar-refractivity contribution in [3.63, 3.8) is 0 Å². The molecule has 0 fully saturated rings. The first-order valence-electron chi connectivity index (χ1n) is 8.26. The van der Waals surface area contributed by atoms with Crippen molar-refractivity contribution in [2.24, 2.45) is 0 Å². The van der Waals surface area contributed by atoms with Gasteiger partial charge in [-0.3, -0.25) is 14.6 Å². The van der Waals surface area contributed by atoms with E-state index in [9.17, 15) is 19.1 Å². The van der Waals surface area contributed by atoms with Gasteiger partial charge in [-0.1, -0.05) is 13.0 Å². The molecule has 7 heteroatoms. The molecule has 0 aliphatic heterocycles. The van der Waals surface area contributed by atoms with E-state index in [-0.39, 0.29) is 29.3 Å². The third-order valence-electron chi connectivity index (χ3n) is 4.01. The molecule has 0 unspecified atom stereocenters. The quantitative estimate of drug-likeness (QED) is 0.739. The summed E-state index contributed by atoms with van der Waals surface area (Å²) in [5.41, 5.74) is 0.540. The van der Waals surface area contributed by atoms with Crippen LogP contribution in [0.15, 0.2) is 36.5 Å². The van der Waals surface area contributed by atoms with E-state index in [1.54, 1.807) is 6.07 Å². The summed E-state index contributed by atoms with van der Waals surface area (Å²) < 4.78 is 13.0. The molecule has 0 saturated heterocycles. The highest BCUT2D eigenvalue weighted by Crippen LogP contribution is 2.19. The molecule has 1 aromatic heterocycles. The molecule has 2 amide bonds. The van der Waals surface area contributed by atoms with Gasteiger partial charge in [0.05, 0.1) is 6.42 Å². The summed E-state index contributed by atoms with van der Waals surface area (Å²) in [6.45, 7) is 5.78. The van der Waals surface area contributed by atoms with Crippen molar-refractivity contribution in [2.75, 3.05) is 5.32 Å². The van der Waals surface area contributed by atoms with E-state index in [1.807, 2.05) is 20.8 Å². The molecule has 0 aliphatic carbocycles. The second-order valence-electron chi connectivity index (χ2n) is 6.62. The van der Waals surface area contributed by atoms with Crippen molar-refractivity contribution < 1.29 is 19.1 Å². The van der Waals surface area contributed by atoms with Crippen LogP contribution in [0.4, 0.5) is 10.1 Å². The molecule has 0 spiro atoms. The lowest BCUT2D eigenvalue weighted by Crippen LogP contribution is -2.43. The predicted octanol–water partition coefficient (Wildman–Crippen LogP) is 3.03. The maximum absolute atomic E-state index is 13.0. The summed E-state index contributed by atoms with van der Waals surface area (Å²) >= 11 is 0. The monoisotopic (exact) mass is 359 g/mol. The second-order valence-corrected chi connectivity index (χ2v) is 6.62. The molecule has 0 saturated carbocycles. The van der Waals surface area contributed by atoms with E-state index in [4.69, 9.17) is 0 Å². The maximum Gasteiger partial charge on any atom is 0.270 e. The van der Waals surface area contributed by atoms with Gasteiger partial charge in [0.15, 0.2) is 0 Å². The second kappa shape index (κ2) is 7.95. The van der Waals surface area contributed by atoms with Crippen LogP contribution in [0.5, 0.6) is 5.75 Å². The highest BCUT2D eigenvalue weighted by atomic mass is 19.1. The third kappa shape index (κ3) is 5.27. The first-order valence-corrected chi connectivity index (χ1v) is 8.26. The number of anilines is 1. The van der Waals surface area contributed by atoms with Crippen molar-refractivity contribution >= 4 is 17.5 Å². The maximum atomic E-state index is 13.0. The molecule has 138 valence electrons. The van der Waals surface area contributed by atoms with Crippen molar-refractivity contribution in [1.82, 2.24) is 10.3 Å². The Balaban J connectivity index is 2.05. The van der Waals surface area contributed by atoms with E-state index < -0.39 is 11.7 Å². The molecule has 1 heterocycles. The number of hydrogen-bond donors (Lipinski definition) is 3. The number of benzene rings is 1. The van der Waals surface area contributed by atoms with Crippen LogP contribution in [-0.4, -0.2) is 27.4 Å². The Morgan fingerprint density at radius 2 is 1.96 bits per heavy atom. The molecule has 0 atom stereocenters. The zero-order chi connectivity index (χ0) is 19.3. The van der Waals surface area contributed by atoms with E-state index >= 15 is 0 Å². The molecular formula is C19H22FN3O3. The Bertz CT molecular complexity index is 821. The van der Waals surface area contributed by atoms with E-state index in [0.29, 0.717) is 11.3 Å². The number of pyridine rings is 1. The highest BCUT2D eigenvalue weighted by molar-refractivity contribution is 5.96. The number of carbonyl (C=O) groups excluding carboxylic acids is 2. The molecule has 0 aliphatic rings. The number of rotatable bonds is 6. The van der Waals surface area contributed by atoms with Crippen LogP contribution in [0, 0.1) is 5.82 Å². The summed E-state index contributed by atoms with van der Waals surface area (Å²) in [6.07, 6.45) is 2.06. The Labute approximate surface area is 151 Å². The summed E-state index contributed by atoms with van der Waals surface area (Å²) in [4.78, 5) is 28.4. The summed E-state index contributed by atoms with van der Waals surface area (Å²) in [5.74, 6) is -1.59. The smallest absolute Gasteiger partial charge is 0.270 e. The van der Waals surface area contributed by atoms with Gasteiger partial charge >= 0.3 is 0 Å². The molecule has 26 heavy (non-hydrogen) atoms. The molecule has 3 N–H and O–H groups in total. The number of aromatic nitrogens is 1. The van der Waals surface area contributed by atoms with Crippen LogP contribution in [-0.2, 0) is 11.2 Å². The number of aromatic hydroxyl groups is 1. The van der Waals surface area contributed by atoms with Crippen molar-refractivity contribution in [3.8, 4) is 5.75 Å². The summed E-state index contributed by atoms with van der Waals surface area (Å²) in [5, 5.41) is 15.2. The van der Waals surface area contributed by atoms with Crippen LogP contribution in [0.25, 0.3) is 0 Å². The number of carbonyl (C=O) groups is 2. The largest absolute Gasteiger partial charge is 0.508 e. The zero-order valence-corrected chi connectivity index (χ0v) is 15.0. The molecule has 2 aromatic rings. The van der Waals surface area contributed by atoms with Crippen molar-refractivity contribution in [3.05, 3.63) is 53.6 Å². The predicted molar refractivity (Wildman–Crippen MR) is 96.5 cm³/mol. The fourth-order valence-electron chi connectivity index (χ4n) is 2.16. The number of halogens is 1. The van der Waals surface area contributed by atoms with Crippen molar-refractivity contribution in [2.45, 2.75) is 39.2 Å². The van der Waals surface area contributed by atoms with Gasteiger partial charge < -0.3 is 15.7 Å². The van der Waals surface area contributed by atoms with Crippen molar-refractivity contribution in [1.29, 1.82) is 0 Å². The number of phenolic OH excluding ortho intramolecular Hbond substituents is 1. The third-order valence-corrected chi connectivity index (χ3v) is 4.01. The number of nitrogens with zero attached hydrogens (tertiary/aromatic N) is 1. The number of amides is 2. The van der Waals surface area contributed by atoms with Crippen LogP contribution in [0.3, 0.4) is 0 Å². The molecule has 2 rings (SSSR count). The van der Waals surface area contributed by atoms with Gasteiger partial charge in [0, 0.05) is 29.1 Å². The molecule has 1 aromatic carbocycles. The minimum absolute atomic E-state index is 0.126. The normalized spacial score (nSPS) is 11.1. The van der Waals surface area contributed by atoms with Crippen LogP contribution < -0.4 is 10.6 Å². The Morgan fingerprint density at radius 3 is 2.62 bits per heavy atom. The standard InChI is InChI=1S/C19H22FN3O3/c1-4-19(2,3)23-18(26)15-11-14(7-8-21-15)22-17(25)9-12-5-6-13(20)10-16(12)24/h5-8,10-11,24H,4,9H2,1-3H3,(H,23,26)(H,21,22,25). The zero-order valence-electron chi connectivity index (χ0n) is 15.0. The minimum atomic E-state index is -0.577. The molecule has 0 radical (unpaired) electrons. The van der Waals surface area contributed by atoms with Gasteiger partial charge in [-0.25, -0.2) is 4.39 Å². The topological polar surface area (TPSA) is 91.3 Å².